The number of ether oxygens (including phenoxy) is 2. The Hall–Kier alpha value is -4.32. The van der Waals surface area contributed by atoms with Gasteiger partial charge < -0.3 is 18.3 Å². The number of hydrogen-bond acceptors (Lipinski definition) is 6. The smallest absolute Gasteiger partial charge is 0.464 e. The molecular formula is C26H16O6. The third-order valence-corrected chi connectivity index (χ3v) is 5.82. The van der Waals surface area contributed by atoms with E-state index >= 15 is 0 Å². The van der Waals surface area contributed by atoms with Crippen LogP contribution in [0.4, 0.5) is 4.79 Å². The fourth-order valence-corrected chi connectivity index (χ4v) is 4.42. The van der Waals surface area contributed by atoms with Gasteiger partial charge in [-0.2, -0.15) is 0 Å². The van der Waals surface area contributed by atoms with Crippen molar-refractivity contribution >= 4 is 28.1 Å². The Labute approximate surface area is 181 Å². The summed E-state index contributed by atoms with van der Waals surface area (Å²) in [4.78, 5) is 24.3. The van der Waals surface area contributed by atoms with Crippen molar-refractivity contribution in [3.63, 3.8) is 0 Å². The standard InChI is InChI=1S/C26H16O6/c27-24-10-9-19-23(31-24)13-22-20(11-12-29-22)25(19)32-26(28)30-14-21-17-7-3-1-5-15(17)16-6-2-4-8-18(16)21/h1-13,21H,14H2. The van der Waals surface area contributed by atoms with Crippen LogP contribution in [-0.4, -0.2) is 12.8 Å². The Bertz CT molecular complexity index is 1510. The van der Waals surface area contributed by atoms with Crippen molar-refractivity contribution in [2.75, 3.05) is 6.61 Å². The molecule has 1 aliphatic rings. The SMILES string of the molecule is O=C(OCC1c2ccccc2-c2ccccc21)Oc1c2ccoc2cc2oc(=O)ccc12. The highest BCUT2D eigenvalue weighted by Crippen LogP contribution is 2.44. The first-order valence-corrected chi connectivity index (χ1v) is 10.2. The quantitative estimate of drug-likeness (QED) is 0.205. The predicted molar refractivity (Wildman–Crippen MR) is 118 cm³/mol. The van der Waals surface area contributed by atoms with Gasteiger partial charge in [-0.25, -0.2) is 9.59 Å². The van der Waals surface area contributed by atoms with Gasteiger partial charge >= 0.3 is 11.8 Å². The lowest BCUT2D eigenvalue weighted by Crippen LogP contribution is -2.16. The van der Waals surface area contributed by atoms with E-state index in [2.05, 4.69) is 24.3 Å². The van der Waals surface area contributed by atoms with Gasteiger partial charge in [-0.15, -0.1) is 0 Å². The van der Waals surface area contributed by atoms with Crippen LogP contribution in [0.5, 0.6) is 5.75 Å². The van der Waals surface area contributed by atoms with Gasteiger partial charge in [0.1, 0.15) is 17.8 Å². The number of fused-ring (bicyclic) bond motifs is 5. The summed E-state index contributed by atoms with van der Waals surface area (Å²) < 4.78 is 21.8. The van der Waals surface area contributed by atoms with E-state index in [1.54, 1.807) is 18.2 Å². The van der Waals surface area contributed by atoms with Gasteiger partial charge in [-0.1, -0.05) is 48.5 Å². The highest BCUT2D eigenvalue weighted by atomic mass is 16.7. The van der Waals surface area contributed by atoms with E-state index in [4.69, 9.17) is 18.3 Å². The van der Waals surface area contributed by atoms with Gasteiger partial charge in [-0.3, -0.25) is 0 Å². The Morgan fingerprint density at radius 1 is 0.844 bits per heavy atom. The summed E-state index contributed by atoms with van der Waals surface area (Å²) in [6.45, 7) is 0.140. The lowest BCUT2D eigenvalue weighted by molar-refractivity contribution is 0.0974. The molecule has 156 valence electrons. The van der Waals surface area contributed by atoms with Crippen molar-refractivity contribution in [2.24, 2.45) is 0 Å². The normalized spacial score (nSPS) is 12.6. The van der Waals surface area contributed by atoms with E-state index in [-0.39, 0.29) is 23.9 Å². The minimum absolute atomic E-state index is 0.0746. The van der Waals surface area contributed by atoms with Crippen LogP contribution in [0.2, 0.25) is 0 Å². The van der Waals surface area contributed by atoms with Crippen LogP contribution in [0.1, 0.15) is 17.0 Å². The molecule has 0 fully saturated rings. The van der Waals surface area contributed by atoms with Gasteiger partial charge in [0.15, 0.2) is 5.75 Å². The van der Waals surface area contributed by atoms with Crippen molar-refractivity contribution in [2.45, 2.75) is 5.92 Å². The fourth-order valence-electron chi connectivity index (χ4n) is 4.42. The third kappa shape index (κ3) is 2.88. The van der Waals surface area contributed by atoms with Crippen molar-refractivity contribution in [3.05, 3.63) is 101 Å². The molecule has 2 heterocycles. The van der Waals surface area contributed by atoms with Crippen LogP contribution in [0.3, 0.4) is 0 Å². The zero-order valence-corrected chi connectivity index (χ0v) is 16.7. The van der Waals surface area contributed by atoms with E-state index in [1.807, 2.05) is 24.3 Å². The van der Waals surface area contributed by atoms with Crippen molar-refractivity contribution in [3.8, 4) is 16.9 Å². The molecule has 0 aliphatic heterocycles. The molecular weight excluding hydrogens is 408 g/mol. The Morgan fingerprint density at radius 2 is 1.53 bits per heavy atom. The zero-order chi connectivity index (χ0) is 21.7. The lowest BCUT2D eigenvalue weighted by Gasteiger charge is -2.14. The second-order valence-corrected chi connectivity index (χ2v) is 7.59. The molecule has 32 heavy (non-hydrogen) atoms. The molecule has 2 aromatic heterocycles. The maximum Gasteiger partial charge on any atom is 0.513 e. The summed E-state index contributed by atoms with van der Waals surface area (Å²) >= 11 is 0. The van der Waals surface area contributed by atoms with Crippen LogP contribution < -0.4 is 10.4 Å². The first-order valence-electron chi connectivity index (χ1n) is 10.2. The molecule has 0 radical (unpaired) electrons. The summed E-state index contributed by atoms with van der Waals surface area (Å²) in [5.74, 6) is 0.154. The van der Waals surface area contributed by atoms with E-state index in [0.29, 0.717) is 16.4 Å². The number of benzene rings is 3. The average molecular weight is 424 g/mol. The Morgan fingerprint density at radius 3 is 2.28 bits per heavy atom. The predicted octanol–water partition coefficient (Wildman–Crippen LogP) is 5.87. The highest BCUT2D eigenvalue weighted by Gasteiger charge is 2.29. The molecule has 0 unspecified atom stereocenters. The Balaban J connectivity index is 1.30. The van der Waals surface area contributed by atoms with Crippen LogP contribution in [0, 0.1) is 0 Å². The topological polar surface area (TPSA) is 78.9 Å². The molecule has 1 aliphatic carbocycles. The third-order valence-electron chi connectivity index (χ3n) is 5.82. The van der Waals surface area contributed by atoms with Crippen LogP contribution in [-0.2, 0) is 4.74 Å². The molecule has 0 amide bonds. The van der Waals surface area contributed by atoms with Crippen molar-refractivity contribution < 1.29 is 23.1 Å². The monoisotopic (exact) mass is 424 g/mol. The van der Waals surface area contributed by atoms with Gasteiger partial charge in [0.05, 0.1) is 17.0 Å². The molecule has 0 saturated heterocycles. The fraction of sp³-hybridized carbons (Fsp3) is 0.0769. The van der Waals surface area contributed by atoms with Gasteiger partial charge in [0, 0.05) is 18.1 Å². The van der Waals surface area contributed by atoms with Crippen molar-refractivity contribution in [1.82, 2.24) is 0 Å². The lowest BCUT2D eigenvalue weighted by atomic mass is 9.98. The number of carbonyl (C=O) groups is 1. The van der Waals surface area contributed by atoms with E-state index in [1.165, 1.54) is 12.3 Å². The van der Waals surface area contributed by atoms with E-state index < -0.39 is 11.8 Å². The molecule has 0 saturated carbocycles. The van der Waals surface area contributed by atoms with Crippen LogP contribution >= 0.6 is 0 Å². The second kappa shape index (κ2) is 7.13. The maximum absolute atomic E-state index is 12.7. The van der Waals surface area contributed by atoms with Gasteiger partial charge in [0.2, 0.25) is 0 Å². The molecule has 6 heteroatoms. The summed E-state index contributed by atoms with van der Waals surface area (Å²) in [5, 5.41) is 1.06. The van der Waals surface area contributed by atoms with Gasteiger partial charge in [0.25, 0.3) is 0 Å². The summed E-state index contributed by atoms with van der Waals surface area (Å²) in [5.41, 5.74) is 4.73. The summed E-state index contributed by atoms with van der Waals surface area (Å²) in [6.07, 6.45) is 0.639. The summed E-state index contributed by atoms with van der Waals surface area (Å²) in [7, 11) is 0. The number of furan rings is 1. The molecule has 0 bridgehead atoms. The first-order chi connectivity index (χ1) is 15.7. The molecule has 6 nitrogen and oxygen atoms in total. The second-order valence-electron chi connectivity index (χ2n) is 7.59. The molecule has 0 spiro atoms. The van der Waals surface area contributed by atoms with E-state index in [0.717, 1.165) is 22.3 Å². The maximum atomic E-state index is 12.7. The summed E-state index contributed by atoms with van der Waals surface area (Å²) in [6, 6.07) is 22.3. The Kier molecular flexibility index (Phi) is 4.11. The minimum atomic E-state index is -0.840. The minimum Gasteiger partial charge on any atom is -0.464 e. The highest BCUT2D eigenvalue weighted by molar-refractivity contribution is 6.02. The molecule has 6 rings (SSSR count). The van der Waals surface area contributed by atoms with Crippen LogP contribution in [0.15, 0.2) is 92.7 Å². The molecule has 0 N–H and O–H groups in total. The number of carbonyl (C=O) groups excluding carboxylic acids is 1. The largest absolute Gasteiger partial charge is 0.513 e. The number of hydrogen-bond donors (Lipinski definition) is 0. The average Bonchev–Trinajstić information content (AvgIpc) is 3.40. The zero-order valence-electron chi connectivity index (χ0n) is 16.7. The first kappa shape index (κ1) is 18.4. The van der Waals surface area contributed by atoms with Crippen molar-refractivity contribution in [1.29, 1.82) is 0 Å². The molecule has 3 aromatic carbocycles. The molecule has 0 atom stereocenters. The van der Waals surface area contributed by atoms with Crippen LogP contribution in [0.25, 0.3) is 33.1 Å². The number of rotatable bonds is 3. The van der Waals surface area contributed by atoms with E-state index in [9.17, 15) is 9.59 Å². The van der Waals surface area contributed by atoms with Gasteiger partial charge in [-0.05, 0) is 34.4 Å². The molecule has 5 aromatic rings.